The molecule has 2 heterocycles. The Morgan fingerprint density at radius 1 is 0.939 bits per heavy atom. The summed E-state index contributed by atoms with van der Waals surface area (Å²) in [7, 11) is 0. The Morgan fingerprint density at radius 2 is 1.42 bits per heavy atom. The second-order valence-electron chi connectivity index (χ2n) is 9.17. The molecule has 33 heavy (non-hydrogen) atoms. The van der Waals surface area contributed by atoms with Crippen molar-refractivity contribution in [2.24, 2.45) is 11.8 Å². The monoisotopic (exact) mass is 484 g/mol. The van der Waals surface area contributed by atoms with E-state index in [1.54, 1.807) is 0 Å². The fourth-order valence-corrected chi connectivity index (χ4v) is 7.21. The zero-order valence-electron chi connectivity index (χ0n) is 17.7. The van der Waals surface area contributed by atoms with Crippen molar-refractivity contribution in [1.82, 2.24) is 10.2 Å². The lowest BCUT2D eigenvalue weighted by Gasteiger charge is -2.54. The van der Waals surface area contributed by atoms with Crippen LogP contribution in [0.5, 0.6) is 0 Å². The molecule has 0 radical (unpaired) electrons. The van der Waals surface area contributed by atoms with Crippen molar-refractivity contribution in [2.75, 3.05) is 19.7 Å². The summed E-state index contributed by atoms with van der Waals surface area (Å²) < 4.78 is 5.53. The van der Waals surface area contributed by atoms with E-state index in [0.29, 0.717) is 13.2 Å². The first-order chi connectivity index (χ1) is 15.9. The van der Waals surface area contributed by atoms with Crippen molar-refractivity contribution in [2.45, 2.75) is 28.7 Å². The van der Waals surface area contributed by atoms with Crippen LogP contribution in [0.2, 0.25) is 0 Å². The maximum atomic E-state index is 13.7. The molecule has 5 aliphatic rings. The summed E-state index contributed by atoms with van der Waals surface area (Å²) in [6.45, 7) is 0.686. The molecule has 2 fully saturated rings. The van der Waals surface area contributed by atoms with Gasteiger partial charge >= 0.3 is 0 Å². The van der Waals surface area contributed by atoms with Gasteiger partial charge in [-0.25, -0.2) is 0 Å². The summed E-state index contributed by atoms with van der Waals surface area (Å²) >= 11 is 14.7. The second-order valence-corrected chi connectivity index (χ2v) is 10.4. The van der Waals surface area contributed by atoms with Crippen LogP contribution in [0.4, 0.5) is 0 Å². The number of likely N-dealkylation sites (tertiary alicyclic amines) is 1. The minimum atomic E-state index is -1.23. The van der Waals surface area contributed by atoms with Crippen LogP contribution < -0.4 is 5.32 Å². The molecule has 0 unspecified atom stereocenters. The first-order valence-electron chi connectivity index (χ1n) is 11.2. The van der Waals surface area contributed by atoms with Gasteiger partial charge in [0.1, 0.15) is 16.3 Å². The number of nitrogens with zero attached hydrogens (tertiary/aromatic N) is 1. The number of ether oxygens (including phenoxy) is 1. The minimum Gasteiger partial charge on any atom is -0.376 e. The molecule has 6 nitrogen and oxygen atoms in total. The van der Waals surface area contributed by atoms with E-state index in [2.05, 4.69) is 5.32 Å². The van der Waals surface area contributed by atoms with Crippen LogP contribution in [0, 0.1) is 11.8 Å². The summed E-state index contributed by atoms with van der Waals surface area (Å²) in [6.07, 6.45) is 1.81. The number of amides is 3. The van der Waals surface area contributed by atoms with Gasteiger partial charge in [-0.2, -0.15) is 0 Å². The van der Waals surface area contributed by atoms with Crippen molar-refractivity contribution in [3.05, 3.63) is 70.8 Å². The number of hydrogen-bond acceptors (Lipinski definition) is 4. The summed E-state index contributed by atoms with van der Waals surface area (Å²) in [5.41, 5.74) is 2.97. The third-order valence-corrected chi connectivity index (χ3v) is 8.81. The SMILES string of the molecule is O=C(CN1C(=O)[C@@H]2[C@H](C1=O)C1(Cl)c3ccccc3C2(Cl)c2ccccc21)NC[C@H]1CCCO1. The standard InChI is InChI=1S/C25H22Cl2N2O4/c26-24-15-7-1-2-8-16(15)25(27,18-10-4-3-9-17(18)24)21-20(24)22(31)29(23(21)32)13-19(30)28-12-14-6-5-11-33-14/h1-4,7-10,14,20-21H,5-6,11-13H2,(H,28,30)/t14-,20-,21+,24?,25?/m1/s1. The van der Waals surface area contributed by atoms with Gasteiger partial charge in [-0.3, -0.25) is 19.3 Å². The van der Waals surface area contributed by atoms with Gasteiger partial charge in [0.2, 0.25) is 17.7 Å². The Morgan fingerprint density at radius 3 is 1.85 bits per heavy atom. The van der Waals surface area contributed by atoms with Gasteiger partial charge in [0.25, 0.3) is 0 Å². The lowest BCUT2D eigenvalue weighted by molar-refractivity contribution is -0.143. The highest BCUT2D eigenvalue weighted by Gasteiger charge is 2.73. The average Bonchev–Trinajstić information content (AvgIpc) is 3.44. The van der Waals surface area contributed by atoms with Gasteiger partial charge in [0, 0.05) is 13.2 Å². The average molecular weight is 485 g/mol. The number of imide groups is 1. The van der Waals surface area contributed by atoms with E-state index >= 15 is 0 Å². The molecule has 8 heteroatoms. The molecule has 0 saturated carbocycles. The van der Waals surface area contributed by atoms with E-state index in [4.69, 9.17) is 27.9 Å². The molecule has 2 aliphatic heterocycles. The third kappa shape index (κ3) is 2.69. The molecule has 170 valence electrons. The molecule has 2 saturated heterocycles. The van der Waals surface area contributed by atoms with Crippen molar-refractivity contribution < 1.29 is 19.1 Å². The van der Waals surface area contributed by atoms with Crippen molar-refractivity contribution in [3.8, 4) is 0 Å². The number of carbonyl (C=O) groups excluding carboxylic acids is 3. The van der Waals surface area contributed by atoms with Crippen molar-refractivity contribution in [3.63, 3.8) is 0 Å². The van der Waals surface area contributed by atoms with E-state index in [1.165, 1.54) is 0 Å². The van der Waals surface area contributed by atoms with Gasteiger partial charge in [0.05, 0.1) is 17.9 Å². The van der Waals surface area contributed by atoms with Gasteiger partial charge < -0.3 is 10.1 Å². The molecule has 2 aromatic rings. The summed E-state index contributed by atoms with van der Waals surface area (Å²) in [6, 6.07) is 14.9. The first-order valence-corrected chi connectivity index (χ1v) is 12.0. The van der Waals surface area contributed by atoms with Crippen LogP contribution in [-0.2, 0) is 28.9 Å². The third-order valence-electron chi connectivity index (χ3n) is 7.53. The topological polar surface area (TPSA) is 75.7 Å². The van der Waals surface area contributed by atoms with Gasteiger partial charge in [-0.15, -0.1) is 23.2 Å². The van der Waals surface area contributed by atoms with Crippen LogP contribution in [0.3, 0.4) is 0 Å². The van der Waals surface area contributed by atoms with E-state index in [1.807, 2.05) is 48.5 Å². The molecular formula is C25H22Cl2N2O4. The number of rotatable bonds is 4. The number of carbonyl (C=O) groups is 3. The van der Waals surface area contributed by atoms with Crippen LogP contribution in [0.1, 0.15) is 35.1 Å². The maximum Gasteiger partial charge on any atom is 0.240 e. The number of hydrogen-bond donors (Lipinski definition) is 1. The summed E-state index contributed by atoms with van der Waals surface area (Å²) in [5.74, 6) is -3.09. The summed E-state index contributed by atoms with van der Waals surface area (Å²) in [4.78, 5) is 38.5. The lowest BCUT2D eigenvalue weighted by atomic mass is 9.54. The number of halogens is 2. The number of benzene rings is 2. The molecule has 3 aliphatic carbocycles. The van der Waals surface area contributed by atoms with Gasteiger partial charge in [-0.05, 0) is 35.1 Å². The van der Waals surface area contributed by atoms with Crippen molar-refractivity contribution in [1.29, 1.82) is 0 Å². The largest absolute Gasteiger partial charge is 0.376 e. The van der Waals surface area contributed by atoms with E-state index in [0.717, 1.165) is 40.0 Å². The summed E-state index contributed by atoms with van der Waals surface area (Å²) in [5, 5.41) is 2.79. The molecule has 3 amide bonds. The van der Waals surface area contributed by atoms with E-state index < -0.39 is 39.3 Å². The highest BCUT2D eigenvalue weighted by molar-refractivity contribution is 6.36. The molecule has 7 rings (SSSR count). The highest BCUT2D eigenvalue weighted by atomic mass is 35.5. The zero-order valence-corrected chi connectivity index (χ0v) is 19.2. The zero-order chi connectivity index (χ0) is 23.0. The Balaban J connectivity index is 1.38. The predicted molar refractivity (Wildman–Crippen MR) is 122 cm³/mol. The van der Waals surface area contributed by atoms with Gasteiger partial charge in [0.15, 0.2) is 0 Å². The smallest absolute Gasteiger partial charge is 0.240 e. The molecule has 2 aromatic carbocycles. The van der Waals surface area contributed by atoms with E-state index in [-0.39, 0.29) is 12.6 Å². The quantitative estimate of drug-likeness (QED) is 0.534. The Labute approximate surface area is 201 Å². The van der Waals surface area contributed by atoms with Crippen molar-refractivity contribution >= 4 is 40.9 Å². The van der Waals surface area contributed by atoms with Crippen LogP contribution >= 0.6 is 23.2 Å². The number of alkyl halides is 2. The normalized spacial score (nSPS) is 33.6. The Bertz CT molecular complexity index is 1070. The molecule has 3 atom stereocenters. The molecule has 2 bridgehead atoms. The molecular weight excluding hydrogens is 463 g/mol. The number of nitrogens with one attached hydrogen (secondary N) is 1. The van der Waals surface area contributed by atoms with Crippen LogP contribution in [0.15, 0.2) is 48.5 Å². The minimum absolute atomic E-state index is 0.0291. The highest BCUT2D eigenvalue weighted by Crippen LogP contribution is 2.69. The molecule has 0 spiro atoms. The predicted octanol–water partition coefficient (Wildman–Crippen LogP) is 2.87. The fraction of sp³-hybridized carbons (Fsp3) is 0.400. The molecule has 1 N–H and O–H groups in total. The second kappa shape index (κ2) is 7.29. The Kier molecular flexibility index (Phi) is 4.67. The fourth-order valence-electron chi connectivity index (χ4n) is 6.11. The van der Waals surface area contributed by atoms with Crippen LogP contribution in [-0.4, -0.2) is 48.4 Å². The van der Waals surface area contributed by atoms with Gasteiger partial charge in [-0.1, -0.05) is 48.5 Å². The maximum absolute atomic E-state index is 13.7. The lowest BCUT2D eigenvalue weighted by Crippen LogP contribution is -2.57. The Hall–Kier alpha value is -2.41. The molecule has 0 aromatic heterocycles. The van der Waals surface area contributed by atoms with Crippen LogP contribution in [0.25, 0.3) is 0 Å². The first kappa shape index (κ1) is 21.1. The van der Waals surface area contributed by atoms with E-state index in [9.17, 15) is 14.4 Å².